The van der Waals surface area contributed by atoms with Gasteiger partial charge < -0.3 is 19.5 Å². The number of aromatic amines is 1. The van der Waals surface area contributed by atoms with E-state index in [-0.39, 0.29) is 17.2 Å². The first-order valence-electron chi connectivity index (χ1n) is 9.30. The molecule has 0 bridgehead atoms. The number of rotatable bonds is 5. The zero-order valence-electron chi connectivity index (χ0n) is 16.7. The van der Waals surface area contributed by atoms with E-state index in [1.165, 1.54) is 0 Å². The SMILES string of the molecule is COc1ccc(-c2cnc([C@@H]3C[C@@H](O[Si](C)(C)C(C)(C)C)CN3)[nH]2)cc1. The molecule has 3 rings (SSSR count). The quantitative estimate of drug-likeness (QED) is 0.757. The number of nitrogens with zero attached hydrogens (tertiary/aromatic N) is 1. The van der Waals surface area contributed by atoms with Gasteiger partial charge in [-0.15, -0.1) is 0 Å². The molecular weight excluding hydrogens is 342 g/mol. The first kappa shape index (κ1) is 19.1. The van der Waals surface area contributed by atoms with Gasteiger partial charge in [0, 0.05) is 6.54 Å². The van der Waals surface area contributed by atoms with Crippen LogP contribution in [0.25, 0.3) is 11.3 Å². The van der Waals surface area contributed by atoms with Crippen molar-refractivity contribution in [3.8, 4) is 17.0 Å². The fraction of sp³-hybridized carbons (Fsp3) is 0.550. The van der Waals surface area contributed by atoms with Crippen LogP contribution in [0.2, 0.25) is 18.1 Å². The Hall–Kier alpha value is -1.63. The van der Waals surface area contributed by atoms with Gasteiger partial charge in [0.05, 0.1) is 31.1 Å². The van der Waals surface area contributed by atoms with Gasteiger partial charge >= 0.3 is 0 Å². The molecule has 0 unspecified atom stereocenters. The smallest absolute Gasteiger partial charge is 0.192 e. The van der Waals surface area contributed by atoms with E-state index in [2.05, 4.69) is 49.1 Å². The van der Waals surface area contributed by atoms with Crippen LogP contribution in [0.4, 0.5) is 0 Å². The number of hydrogen-bond donors (Lipinski definition) is 2. The van der Waals surface area contributed by atoms with Crippen molar-refractivity contribution in [1.82, 2.24) is 15.3 Å². The van der Waals surface area contributed by atoms with E-state index in [1.54, 1.807) is 7.11 Å². The fourth-order valence-electron chi connectivity index (χ4n) is 3.03. The highest BCUT2D eigenvalue weighted by molar-refractivity contribution is 6.74. The van der Waals surface area contributed by atoms with E-state index in [9.17, 15) is 0 Å². The number of hydrogen-bond acceptors (Lipinski definition) is 4. The van der Waals surface area contributed by atoms with Crippen molar-refractivity contribution >= 4 is 8.32 Å². The van der Waals surface area contributed by atoms with Gasteiger partial charge in [-0.25, -0.2) is 4.98 Å². The minimum Gasteiger partial charge on any atom is -0.497 e. The molecule has 6 heteroatoms. The average Bonchev–Trinajstić information content (AvgIpc) is 3.22. The summed E-state index contributed by atoms with van der Waals surface area (Å²) in [7, 11) is -0.0615. The summed E-state index contributed by atoms with van der Waals surface area (Å²) in [5.74, 6) is 1.84. The van der Waals surface area contributed by atoms with Gasteiger partial charge in [-0.05, 0) is 54.4 Å². The van der Waals surface area contributed by atoms with E-state index in [0.717, 1.165) is 35.8 Å². The van der Waals surface area contributed by atoms with Crippen LogP contribution in [0.1, 0.15) is 39.1 Å². The summed E-state index contributed by atoms with van der Waals surface area (Å²) in [5.41, 5.74) is 2.13. The Morgan fingerprint density at radius 1 is 1.15 bits per heavy atom. The molecule has 1 saturated heterocycles. The number of aromatic nitrogens is 2. The van der Waals surface area contributed by atoms with Crippen molar-refractivity contribution in [2.45, 2.75) is 57.5 Å². The maximum Gasteiger partial charge on any atom is 0.192 e. The van der Waals surface area contributed by atoms with Crippen LogP contribution in [0.5, 0.6) is 5.75 Å². The molecule has 5 nitrogen and oxygen atoms in total. The lowest BCUT2D eigenvalue weighted by Gasteiger charge is -2.38. The van der Waals surface area contributed by atoms with Crippen molar-refractivity contribution in [1.29, 1.82) is 0 Å². The maximum atomic E-state index is 6.55. The van der Waals surface area contributed by atoms with Crippen molar-refractivity contribution in [3.63, 3.8) is 0 Å². The normalized spacial score (nSPS) is 21.2. The molecule has 1 aliphatic rings. The third kappa shape index (κ3) is 4.03. The second kappa shape index (κ2) is 7.17. The summed E-state index contributed by atoms with van der Waals surface area (Å²) in [4.78, 5) is 8.07. The monoisotopic (exact) mass is 373 g/mol. The number of methoxy groups -OCH3 is 1. The molecule has 2 N–H and O–H groups in total. The van der Waals surface area contributed by atoms with E-state index >= 15 is 0 Å². The third-order valence-electron chi connectivity index (χ3n) is 5.68. The number of nitrogens with one attached hydrogen (secondary N) is 2. The summed E-state index contributed by atoms with van der Waals surface area (Å²) in [6.45, 7) is 12.4. The molecule has 26 heavy (non-hydrogen) atoms. The Morgan fingerprint density at radius 3 is 2.46 bits per heavy atom. The number of ether oxygens (including phenoxy) is 1. The Balaban J connectivity index is 1.65. The molecule has 0 spiro atoms. The maximum absolute atomic E-state index is 6.55. The molecule has 2 heterocycles. The minimum atomic E-state index is -1.74. The lowest BCUT2D eigenvalue weighted by molar-refractivity contribution is 0.197. The highest BCUT2D eigenvalue weighted by Crippen LogP contribution is 2.39. The van der Waals surface area contributed by atoms with Crippen LogP contribution in [-0.4, -0.2) is 38.0 Å². The molecule has 1 aromatic heterocycles. The largest absolute Gasteiger partial charge is 0.497 e. The molecule has 1 fully saturated rings. The van der Waals surface area contributed by atoms with Crippen molar-refractivity contribution in [2.75, 3.05) is 13.7 Å². The second-order valence-corrected chi connectivity index (χ2v) is 13.4. The van der Waals surface area contributed by atoms with Gasteiger partial charge in [0.15, 0.2) is 8.32 Å². The second-order valence-electron chi connectivity index (χ2n) is 8.61. The van der Waals surface area contributed by atoms with Gasteiger partial charge in [0.25, 0.3) is 0 Å². The predicted molar refractivity (Wildman–Crippen MR) is 108 cm³/mol. The predicted octanol–water partition coefficient (Wildman–Crippen LogP) is 4.51. The van der Waals surface area contributed by atoms with Crippen molar-refractivity contribution < 1.29 is 9.16 Å². The van der Waals surface area contributed by atoms with Crippen LogP contribution < -0.4 is 10.1 Å². The highest BCUT2D eigenvalue weighted by Gasteiger charge is 2.41. The number of H-pyrrole nitrogens is 1. The molecule has 0 saturated carbocycles. The molecule has 142 valence electrons. The van der Waals surface area contributed by atoms with Gasteiger partial charge in [-0.1, -0.05) is 20.8 Å². The van der Waals surface area contributed by atoms with Crippen molar-refractivity contribution in [3.05, 3.63) is 36.3 Å². The summed E-state index contributed by atoms with van der Waals surface area (Å²) >= 11 is 0. The third-order valence-corrected chi connectivity index (χ3v) is 10.2. The zero-order chi connectivity index (χ0) is 18.9. The summed E-state index contributed by atoms with van der Waals surface area (Å²) < 4.78 is 11.8. The number of imidazole rings is 1. The Bertz CT molecular complexity index is 734. The Kier molecular flexibility index (Phi) is 5.28. The molecule has 0 amide bonds. The first-order valence-corrected chi connectivity index (χ1v) is 12.2. The molecule has 0 radical (unpaired) electrons. The van der Waals surface area contributed by atoms with Crippen molar-refractivity contribution in [2.24, 2.45) is 0 Å². The van der Waals surface area contributed by atoms with E-state index in [1.807, 2.05) is 30.5 Å². The Labute approximate surface area is 157 Å². The topological polar surface area (TPSA) is 59.2 Å². The van der Waals surface area contributed by atoms with Crippen LogP contribution in [0.3, 0.4) is 0 Å². The highest BCUT2D eigenvalue weighted by atomic mass is 28.4. The standard InChI is InChI=1S/C20H31N3O2Si/c1-20(2,3)26(5,6)25-16-11-17(21-12-16)19-22-13-18(23-19)14-7-9-15(24-4)10-8-14/h7-10,13,16-17,21H,11-12H2,1-6H3,(H,22,23)/t16-,17+/m1/s1. The molecular formula is C20H31N3O2Si. The van der Waals surface area contributed by atoms with Crippen LogP contribution >= 0.6 is 0 Å². The van der Waals surface area contributed by atoms with Crippen LogP contribution in [-0.2, 0) is 4.43 Å². The molecule has 1 aliphatic heterocycles. The van der Waals surface area contributed by atoms with Gasteiger partial charge in [-0.2, -0.15) is 0 Å². The average molecular weight is 374 g/mol. The van der Waals surface area contributed by atoms with Crippen LogP contribution in [0.15, 0.2) is 30.5 Å². The van der Waals surface area contributed by atoms with Gasteiger partial charge in [-0.3, -0.25) is 0 Å². The first-order chi connectivity index (χ1) is 12.2. The Morgan fingerprint density at radius 2 is 1.85 bits per heavy atom. The minimum absolute atomic E-state index is 0.219. The molecule has 2 atom stereocenters. The fourth-order valence-corrected chi connectivity index (χ4v) is 4.39. The molecule has 1 aromatic carbocycles. The van der Waals surface area contributed by atoms with Gasteiger partial charge in [0.2, 0.25) is 0 Å². The van der Waals surface area contributed by atoms with E-state index < -0.39 is 8.32 Å². The van der Waals surface area contributed by atoms with E-state index in [4.69, 9.17) is 9.16 Å². The van der Waals surface area contributed by atoms with Crippen LogP contribution in [0, 0.1) is 0 Å². The lowest BCUT2D eigenvalue weighted by Crippen LogP contribution is -2.44. The van der Waals surface area contributed by atoms with Gasteiger partial charge in [0.1, 0.15) is 11.6 Å². The molecule has 0 aliphatic carbocycles. The summed E-state index contributed by atoms with van der Waals surface area (Å²) in [5, 5.41) is 3.80. The van der Waals surface area contributed by atoms with E-state index in [0.29, 0.717) is 0 Å². The summed E-state index contributed by atoms with van der Waals surface area (Å²) in [6, 6.07) is 8.24. The summed E-state index contributed by atoms with van der Waals surface area (Å²) in [6.07, 6.45) is 3.12. The number of benzene rings is 1. The molecule has 2 aromatic rings. The zero-order valence-corrected chi connectivity index (χ0v) is 17.7. The lowest BCUT2D eigenvalue weighted by atomic mass is 10.1.